The zero-order chi connectivity index (χ0) is 25.9. The number of methoxy groups -OCH3 is 1. The summed E-state index contributed by atoms with van der Waals surface area (Å²) in [7, 11) is 1.65. The Morgan fingerprint density at radius 1 is 0.892 bits per heavy atom. The highest BCUT2D eigenvalue weighted by Gasteiger charge is 2.32. The quantitative estimate of drug-likeness (QED) is 0.339. The van der Waals surface area contributed by atoms with E-state index in [0.717, 1.165) is 48.1 Å². The minimum atomic E-state index is -0.572. The van der Waals surface area contributed by atoms with E-state index in [9.17, 15) is 9.59 Å². The Balaban J connectivity index is 1.52. The number of hydrogen-bond acceptors (Lipinski definition) is 4. The molecule has 1 atom stereocenters. The topological polar surface area (TPSA) is 58.6 Å². The molecule has 0 bridgehead atoms. The average molecular weight is 517 g/mol. The van der Waals surface area contributed by atoms with Crippen LogP contribution in [0.5, 0.6) is 5.75 Å². The number of benzene rings is 3. The first-order valence-electron chi connectivity index (χ1n) is 13.0. The summed E-state index contributed by atoms with van der Waals surface area (Å²) in [5.74, 6) is 1.76. The van der Waals surface area contributed by atoms with Crippen LogP contribution in [0.4, 0.5) is 0 Å². The molecular formula is C31H36N2O3S. The number of rotatable bonds is 12. The van der Waals surface area contributed by atoms with Gasteiger partial charge in [0.25, 0.3) is 0 Å². The maximum atomic E-state index is 13.7. The SMILES string of the molecule is COc1ccc(CSCC(=O)N(Cc2ccccc2)[C@@H](Cc2ccccc2)C(=O)NC2CCCC2)cc1. The third-order valence-electron chi connectivity index (χ3n) is 6.82. The Morgan fingerprint density at radius 2 is 1.51 bits per heavy atom. The van der Waals surface area contributed by atoms with Gasteiger partial charge in [0.05, 0.1) is 12.9 Å². The van der Waals surface area contributed by atoms with E-state index in [1.54, 1.807) is 23.8 Å². The highest BCUT2D eigenvalue weighted by molar-refractivity contribution is 7.99. The highest BCUT2D eigenvalue weighted by Crippen LogP contribution is 2.22. The molecule has 0 heterocycles. The van der Waals surface area contributed by atoms with Crippen LogP contribution in [0.3, 0.4) is 0 Å². The summed E-state index contributed by atoms with van der Waals surface area (Å²) < 4.78 is 5.24. The fourth-order valence-corrected chi connectivity index (χ4v) is 5.63. The van der Waals surface area contributed by atoms with Crippen molar-refractivity contribution in [1.29, 1.82) is 0 Å². The van der Waals surface area contributed by atoms with Crippen molar-refractivity contribution < 1.29 is 14.3 Å². The van der Waals surface area contributed by atoms with E-state index < -0.39 is 6.04 Å². The van der Waals surface area contributed by atoms with Crippen molar-refractivity contribution in [3.05, 3.63) is 102 Å². The molecule has 1 aliphatic rings. The summed E-state index contributed by atoms with van der Waals surface area (Å²) in [6.07, 6.45) is 4.79. The Bertz CT molecular complexity index is 1120. The molecule has 1 fully saturated rings. The number of thioether (sulfide) groups is 1. The Morgan fingerprint density at radius 3 is 2.14 bits per heavy atom. The van der Waals surface area contributed by atoms with Gasteiger partial charge >= 0.3 is 0 Å². The summed E-state index contributed by atoms with van der Waals surface area (Å²) in [6.45, 7) is 0.401. The second-order valence-corrected chi connectivity index (χ2v) is 10.5. The molecule has 3 aromatic carbocycles. The predicted octanol–water partition coefficient (Wildman–Crippen LogP) is 5.63. The molecule has 1 saturated carbocycles. The first kappa shape index (κ1) is 26.8. The predicted molar refractivity (Wildman–Crippen MR) is 150 cm³/mol. The van der Waals surface area contributed by atoms with Gasteiger partial charge in [-0.15, -0.1) is 11.8 Å². The molecule has 0 unspecified atom stereocenters. The minimum absolute atomic E-state index is 0.0233. The van der Waals surface area contributed by atoms with Crippen LogP contribution in [-0.2, 0) is 28.3 Å². The number of nitrogens with one attached hydrogen (secondary N) is 1. The lowest BCUT2D eigenvalue weighted by molar-refractivity contribution is -0.139. The molecule has 0 radical (unpaired) electrons. The van der Waals surface area contributed by atoms with Gasteiger partial charge in [-0.05, 0) is 41.7 Å². The van der Waals surface area contributed by atoms with Gasteiger partial charge in [0.2, 0.25) is 11.8 Å². The number of nitrogens with zero attached hydrogens (tertiary/aromatic N) is 1. The van der Waals surface area contributed by atoms with Gasteiger partial charge in [0, 0.05) is 24.8 Å². The normalized spacial score (nSPS) is 14.2. The van der Waals surface area contributed by atoms with Crippen LogP contribution in [0.25, 0.3) is 0 Å². The van der Waals surface area contributed by atoms with E-state index in [1.807, 2.05) is 84.9 Å². The van der Waals surface area contributed by atoms with Gasteiger partial charge in [-0.3, -0.25) is 9.59 Å². The molecule has 4 rings (SSSR count). The molecule has 0 aromatic heterocycles. The first-order chi connectivity index (χ1) is 18.1. The van der Waals surface area contributed by atoms with Crippen LogP contribution < -0.4 is 10.1 Å². The molecule has 2 amide bonds. The van der Waals surface area contributed by atoms with E-state index in [2.05, 4.69) is 5.32 Å². The molecule has 5 nitrogen and oxygen atoms in total. The minimum Gasteiger partial charge on any atom is -0.497 e. The zero-order valence-corrected chi connectivity index (χ0v) is 22.3. The van der Waals surface area contributed by atoms with Gasteiger partial charge in [-0.1, -0.05) is 85.6 Å². The van der Waals surface area contributed by atoms with Crippen molar-refractivity contribution >= 4 is 23.6 Å². The second-order valence-electron chi connectivity index (χ2n) is 9.54. The molecule has 3 aromatic rings. The van der Waals surface area contributed by atoms with Crippen molar-refractivity contribution in [1.82, 2.24) is 10.2 Å². The zero-order valence-electron chi connectivity index (χ0n) is 21.5. The highest BCUT2D eigenvalue weighted by atomic mass is 32.2. The molecule has 37 heavy (non-hydrogen) atoms. The van der Waals surface area contributed by atoms with E-state index in [4.69, 9.17) is 4.74 Å². The maximum Gasteiger partial charge on any atom is 0.243 e. The molecule has 0 spiro atoms. The lowest BCUT2D eigenvalue weighted by Gasteiger charge is -2.32. The molecule has 0 saturated heterocycles. The number of hydrogen-bond donors (Lipinski definition) is 1. The molecule has 6 heteroatoms. The van der Waals surface area contributed by atoms with Crippen LogP contribution in [0.2, 0.25) is 0 Å². The number of ether oxygens (including phenoxy) is 1. The van der Waals surface area contributed by atoms with Gasteiger partial charge < -0.3 is 15.0 Å². The molecule has 1 N–H and O–H groups in total. The molecule has 1 aliphatic carbocycles. The number of carbonyl (C=O) groups is 2. The summed E-state index contributed by atoms with van der Waals surface area (Å²) in [4.78, 5) is 29.2. The van der Waals surface area contributed by atoms with Gasteiger partial charge in [-0.2, -0.15) is 0 Å². The van der Waals surface area contributed by atoms with E-state index >= 15 is 0 Å². The van der Waals surface area contributed by atoms with Crippen molar-refractivity contribution in [3.8, 4) is 5.75 Å². The van der Waals surface area contributed by atoms with Crippen molar-refractivity contribution in [2.45, 2.75) is 56.5 Å². The largest absolute Gasteiger partial charge is 0.497 e. The standard InChI is InChI=1S/C31H36N2O3S/c1-36-28-18-16-26(17-19-28)22-37-23-30(34)33(21-25-12-6-3-7-13-25)29(20-24-10-4-2-5-11-24)31(35)32-27-14-8-9-15-27/h2-7,10-13,16-19,27,29H,8-9,14-15,20-23H2,1H3,(H,32,35)/t29-/m0/s1. The van der Waals surface area contributed by atoms with E-state index in [1.165, 1.54) is 0 Å². The maximum absolute atomic E-state index is 13.7. The summed E-state index contributed by atoms with van der Waals surface area (Å²) in [5.41, 5.74) is 3.20. The third kappa shape index (κ3) is 8.12. The third-order valence-corrected chi connectivity index (χ3v) is 7.81. The lowest BCUT2D eigenvalue weighted by Crippen LogP contribution is -2.52. The first-order valence-corrected chi connectivity index (χ1v) is 14.2. The Kier molecular flexibility index (Phi) is 10.1. The number of carbonyl (C=O) groups excluding carboxylic acids is 2. The summed E-state index contributed by atoms with van der Waals surface area (Å²) >= 11 is 1.57. The smallest absolute Gasteiger partial charge is 0.243 e. The fourth-order valence-electron chi connectivity index (χ4n) is 4.76. The van der Waals surface area contributed by atoms with E-state index in [0.29, 0.717) is 24.5 Å². The van der Waals surface area contributed by atoms with Gasteiger partial charge in [0.15, 0.2) is 0 Å². The Hall–Kier alpha value is -3.25. The molecule has 194 valence electrons. The van der Waals surface area contributed by atoms with Gasteiger partial charge in [-0.25, -0.2) is 0 Å². The van der Waals surface area contributed by atoms with Crippen molar-refractivity contribution in [2.24, 2.45) is 0 Å². The summed E-state index contributed by atoms with van der Waals surface area (Å²) in [6, 6.07) is 27.5. The van der Waals surface area contributed by atoms with Crippen LogP contribution in [0.15, 0.2) is 84.9 Å². The van der Waals surface area contributed by atoms with Crippen LogP contribution in [0, 0.1) is 0 Å². The van der Waals surface area contributed by atoms with E-state index in [-0.39, 0.29) is 17.9 Å². The van der Waals surface area contributed by atoms with Crippen LogP contribution in [-0.4, -0.2) is 41.7 Å². The van der Waals surface area contributed by atoms with Crippen LogP contribution in [0.1, 0.15) is 42.4 Å². The van der Waals surface area contributed by atoms with Crippen LogP contribution >= 0.6 is 11.8 Å². The lowest BCUT2D eigenvalue weighted by atomic mass is 10.0. The second kappa shape index (κ2) is 13.9. The Labute approximate surface area is 224 Å². The summed E-state index contributed by atoms with van der Waals surface area (Å²) in [5, 5.41) is 3.26. The monoisotopic (exact) mass is 516 g/mol. The molecule has 0 aliphatic heterocycles. The average Bonchev–Trinajstić information content (AvgIpc) is 3.45. The van der Waals surface area contributed by atoms with Gasteiger partial charge in [0.1, 0.15) is 11.8 Å². The molecular weight excluding hydrogens is 480 g/mol. The fraction of sp³-hybridized carbons (Fsp3) is 0.355. The number of amides is 2. The van der Waals surface area contributed by atoms with Crippen molar-refractivity contribution in [3.63, 3.8) is 0 Å². The van der Waals surface area contributed by atoms with Crippen molar-refractivity contribution in [2.75, 3.05) is 12.9 Å².